The quantitative estimate of drug-likeness (QED) is 0.767. The zero-order chi connectivity index (χ0) is 20.3. The smallest absolute Gasteiger partial charge is 0.306 e. The lowest BCUT2D eigenvalue weighted by Gasteiger charge is -2.33. The van der Waals surface area contributed by atoms with E-state index in [4.69, 9.17) is 11.6 Å². The molecule has 2 aromatic rings. The molecule has 2 amide bonds. The second kappa shape index (κ2) is 8.48. The predicted molar refractivity (Wildman–Crippen MR) is 109 cm³/mol. The zero-order valence-electron chi connectivity index (χ0n) is 15.7. The molecule has 0 atom stereocenters. The number of hydrogen-bond donors (Lipinski definition) is 2. The second-order valence-corrected chi connectivity index (χ2v) is 9.19. The van der Waals surface area contributed by atoms with Gasteiger partial charge in [-0.15, -0.1) is 0 Å². The van der Waals surface area contributed by atoms with Gasteiger partial charge in [0.2, 0.25) is 0 Å². The van der Waals surface area contributed by atoms with Crippen molar-refractivity contribution in [2.75, 3.05) is 37.8 Å². The predicted octanol–water partition coefficient (Wildman–Crippen LogP) is 2.62. The van der Waals surface area contributed by atoms with Crippen molar-refractivity contribution in [3.05, 3.63) is 41.6 Å². The molecule has 9 nitrogen and oxygen atoms in total. The van der Waals surface area contributed by atoms with E-state index in [2.05, 4.69) is 15.7 Å². The largest absolute Gasteiger partial charge is 0.324 e. The van der Waals surface area contributed by atoms with Crippen molar-refractivity contribution >= 4 is 39.3 Å². The van der Waals surface area contributed by atoms with E-state index in [0.717, 1.165) is 0 Å². The highest BCUT2D eigenvalue weighted by Crippen LogP contribution is 2.27. The second-order valence-electron chi connectivity index (χ2n) is 6.64. The molecule has 0 aliphatic carbocycles. The number of benzene rings is 1. The van der Waals surface area contributed by atoms with Crippen molar-refractivity contribution in [2.45, 2.75) is 18.9 Å². The number of halogens is 1. The van der Waals surface area contributed by atoms with Crippen LogP contribution in [0.25, 0.3) is 0 Å². The van der Waals surface area contributed by atoms with Crippen LogP contribution in [-0.4, -0.2) is 60.0 Å². The summed E-state index contributed by atoms with van der Waals surface area (Å²) in [5, 5.41) is 10.2. The highest BCUT2D eigenvalue weighted by atomic mass is 35.5. The van der Waals surface area contributed by atoms with Crippen LogP contribution >= 0.6 is 11.6 Å². The molecule has 0 unspecified atom stereocenters. The Morgan fingerprint density at radius 1 is 1.18 bits per heavy atom. The van der Waals surface area contributed by atoms with Crippen molar-refractivity contribution in [1.82, 2.24) is 18.4 Å². The number of rotatable bonds is 5. The Labute approximate surface area is 169 Å². The molecule has 11 heteroatoms. The fourth-order valence-electron chi connectivity index (χ4n) is 3.09. The van der Waals surface area contributed by atoms with Gasteiger partial charge < -0.3 is 5.32 Å². The Morgan fingerprint density at radius 3 is 2.50 bits per heavy atom. The van der Waals surface area contributed by atoms with Crippen molar-refractivity contribution < 1.29 is 13.2 Å². The highest BCUT2D eigenvalue weighted by molar-refractivity contribution is 7.86. The number of aromatic nitrogens is 2. The van der Waals surface area contributed by atoms with E-state index in [9.17, 15) is 13.2 Å². The fraction of sp³-hybridized carbons (Fsp3) is 0.412. The third kappa shape index (κ3) is 4.46. The van der Waals surface area contributed by atoms with Gasteiger partial charge >= 0.3 is 6.03 Å². The highest BCUT2D eigenvalue weighted by Gasteiger charge is 2.31. The summed E-state index contributed by atoms with van der Waals surface area (Å²) < 4.78 is 28.9. The first-order chi connectivity index (χ1) is 13.3. The molecule has 2 heterocycles. The molecule has 3 rings (SSSR count). The first kappa shape index (κ1) is 20.6. The molecule has 28 heavy (non-hydrogen) atoms. The minimum atomic E-state index is -3.42. The van der Waals surface area contributed by atoms with Crippen LogP contribution in [0.2, 0.25) is 5.02 Å². The van der Waals surface area contributed by atoms with Gasteiger partial charge in [-0.25, -0.2) is 9.48 Å². The van der Waals surface area contributed by atoms with E-state index >= 15 is 0 Å². The molecule has 1 fully saturated rings. The number of carbonyl (C=O) groups is 1. The average molecular weight is 427 g/mol. The SMILES string of the molecule is CN(C)S(=O)(=O)N1CCC(n2nccc2NC(=O)Nc2ccccc2Cl)CC1. The maximum Gasteiger partial charge on any atom is 0.324 e. The van der Waals surface area contributed by atoms with Gasteiger partial charge in [0, 0.05) is 33.3 Å². The van der Waals surface area contributed by atoms with Gasteiger partial charge in [0.1, 0.15) is 5.82 Å². The van der Waals surface area contributed by atoms with Crippen LogP contribution in [0.1, 0.15) is 18.9 Å². The van der Waals surface area contributed by atoms with Gasteiger partial charge in [-0.1, -0.05) is 23.7 Å². The lowest BCUT2D eigenvalue weighted by Crippen LogP contribution is -2.44. The number of piperidine rings is 1. The molecular formula is C17H23ClN6O3S. The Morgan fingerprint density at radius 2 is 1.86 bits per heavy atom. The number of amides is 2. The average Bonchev–Trinajstić information content (AvgIpc) is 3.11. The Kier molecular flexibility index (Phi) is 6.23. The monoisotopic (exact) mass is 426 g/mol. The lowest BCUT2D eigenvalue weighted by atomic mass is 10.1. The van der Waals surface area contributed by atoms with Gasteiger partial charge in [-0.3, -0.25) is 5.32 Å². The molecule has 0 bridgehead atoms. The summed E-state index contributed by atoms with van der Waals surface area (Å²) in [6.07, 6.45) is 2.82. The number of hydrogen-bond acceptors (Lipinski definition) is 4. The van der Waals surface area contributed by atoms with Gasteiger partial charge in [0.25, 0.3) is 10.2 Å². The fourth-order valence-corrected chi connectivity index (χ4v) is 4.40. The minimum Gasteiger partial charge on any atom is -0.306 e. The maximum absolute atomic E-state index is 12.3. The molecule has 0 spiro atoms. The Bertz CT molecular complexity index is 938. The lowest BCUT2D eigenvalue weighted by molar-refractivity contribution is 0.252. The topological polar surface area (TPSA) is 99.6 Å². The van der Waals surface area contributed by atoms with Crippen LogP contribution in [0.3, 0.4) is 0 Å². The van der Waals surface area contributed by atoms with Crippen molar-refractivity contribution in [3.8, 4) is 0 Å². The summed E-state index contributed by atoms with van der Waals surface area (Å²) in [6, 6.07) is 8.23. The maximum atomic E-state index is 12.3. The zero-order valence-corrected chi connectivity index (χ0v) is 17.2. The van der Waals surface area contributed by atoms with Gasteiger partial charge in [-0.2, -0.15) is 22.1 Å². The van der Waals surface area contributed by atoms with E-state index in [0.29, 0.717) is 42.5 Å². The molecule has 1 aliphatic heterocycles. The number of nitrogens with zero attached hydrogens (tertiary/aromatic N) is 4. The summed E-state index contributed by atoms with van der Waals surface area (Å²) in [7, 11) is -0.370. The third-order valence-electron chi connectivity index (χ3n) is 4.59. The van der Waals surface area contributed by atoms with Crippen LogP contribution < -0.4 is 10.6 Å². The van der Waals surface area contributed by atoms with Crippen LogP contribution in [0.5, 0.6) is 0 Å². The van der Waals surface area contributed by atoms with Crippen LogP contribution in [-0.2, 0) is 10.2 Å². The van der Waals surface area contributed by atoms with E-state index in [1.165, 1.54) is 22.7 Å². The molecule has 0 saturated carbocycles. The normalized spacial score (nSPS) is 16.3. The van der Waals surface area contributed by atoms with Gasteiger partial charge in [-0.05, 0) is 25.0 Å². The van der Waals surface area contributed by atoms with E-state index in [1.807, 2.05) is 0 Å². The number of anilines is 2. The summed E-state index contributed by atoms with van der Waals surface area (Å²) in [4.78, 5) is 12.3. The summed E-state index contributed by atoms with van der Waals surface area (Å²) in [6.45, 7) is 0.798. The molecule has 0 radical (unpaired) electrons. The standard InChI is InChI=1S/C17H23ClN6O3S/c1-22(2)28(26,27)23-11-8-13(9-12-23)24-16(7-10-19-24)21-17(25)20-15-6-4-3-5-14(15)18/h3-7,10,13H,8-9,11-12H2,1-2H3,(H2,20,21,25). The summed E-state index contributed by atoms with van der Waals surface area (Å²) >= 11 is 6.06. The van der Waals surface area contributed by atoms with Crippen molar-refractivity contribution in [3.63, 3.8) is 0 Å². The molecule has 1 aliphatic rings. The molecule has 2 N–H and O–H groups in total. The Hall–Kier alpha value is -2.14. The molecular weight excluding hydrogens is 404 g/mol. The molecule has 1 aromatic carbocycles. The number of urea groups is 1. The molecule has 1 saturated heterocycles. The van der Waals surface area contributed by atoms with E-state index in [1.54, 1.807) is 41.2 Å². The summed E-state index contributed by atoms with van der Waals surface area (Å²) in [5.41, 5.74) is 0.509. The van der Waals surface area contributed by atoms with E-state index < -0.39 is 16.2 Å². The number of nitrogens with one attached hydrogen (secondary N) is 2. The van der Waals surface area contributed by atoms with Crippen LogP contribution in [0.4, 0.5) is 16.3 Å². The van der Waals surface area contributed by atoms with Crippen LogP contribution in [0.15, 0.2) is 36.5 Å². The number of carbonyl (C=O) groups excluding carboxylic acids is 1. The minimum absolute atomic E-state index is 0.000717. The first-order valence-electron chi connectivity index (χ1n) is 8.82. The Balaban J connectivity index is 1.63. The third-order valence-corrected chi connectivity index (χ3v) is 6.86. The summed E-state index contributed by atoms with van der Waals surface area (Å²) in [5.74, 6) is 0.540. The van der Waals surface area contributed by atoms with Crippen molar-refractivity contribution in [2.24, 2.45) is 0 Å². The van der Waals surface area contributed by atoms with Gasteiger partial charge in [0.05, 0.1) is 22.9 Å². The number of para-hydroxylation sites is 1. The van der Waals surface area contributed by atoms with E-state index in [-0.39, 0.29) is 6.04 Å². The van der Waals surface area contributed by atoms with Crippen LogP contribution in [0, 0.1) is 0 Å². The molecule has 1 aromatic heterocycles. The molecule has 152 valence electrons. The first-order valence-corrected chi connectivity index (χ1v) is 10.6. The van der Waals surface area contributed by atoms with Crippen molar-refractivity contribution in [1.29, 1.82) is 0 Å². The van der Waals surface area contributed by atoms with Gasteiger partial charge in [0.15, 0.2) is 0 Å².